The van der Waals surface area contributed by atoms with Gasteiger partial charge in [0.25, 0.3) is 0 Å². The van der Waals surface area contributed by atoms with Gasteiger partial charge in [-0.3, -0.25) is 0 Å². The predicted molar refractivity (Wildman–Crippen MR) is 56.3 cm³/mol. The summed E-state index contributed by atoms with van der Waals surface area (Å²) < 4.78 is 10.2. The molecule has 4 heteroatoms. The fourth-order valence-corrected chi connectivity index (χ4v) is 1.42. The number of hydrogen-bond acceptors (Lipinski definition) is 3. The SMILES string of the molecule is COCCC(C)C(N)c1ccc(Cl)o1. The Hall–Kier alpha value is -0.510. The summed E-state index contributed by atoms with van der Waals surface area (Å²) in [5, 5.41) is 0.384. The molecule has 0 saturated heterocycles. The van der Waals surface area contributed by atoms with Gasteiger partial charge in [-0.15, -0.1) is 0 Å². The van der Waals surface area contributed by atoms with Gasteiger partial charge in [0, 0.05) is 13.7 Å². The first-order valence-electron chi connectivity index (χ1n) is 4.65. The highest BCUT2D eigenvalue weighted by Gasteiger charge is 2.17. The van der Waals surface area contributed by atoms with Crippen molar-refractivity contribution < 1.29 is 9.15 Å². The minimum Gasteiger partial charge on any atom is -0.448 e. The lowest BCUT2D eigenvalue weighted by atomic mass is 9.97. The molecule has 80 valence electrons. The van der Waals surface area contributed by atoms with Gasteiger partial charge in [0.1, 0.15) is 5.76 Å². The highest BCUT2D eigenvalue weighted by Crippen LogP contribution is 2.25. The quantitative estimate of drug-likeness (QED) is 0.825. The Morgan fingerprint density at radius 2 is 2.29 bits per heavy atom. The van der Waals surface area contributed by atoms with Crippen molar-refractivity contribution in [2.75, 3.05) is 13.7 Å². The number of ether oxygens (including phenoxy) is 1. The first-order valence-corrected chi connectivity index (χ1v) is 5.02. The monoisotopic (exact) mass is 217 g/mol. The van der Waals surface area contributed by atoms with Crippen molar-refractivity contribution in [3.8, 4) is 0 Å². The van der Waals surface area contributed by atoms with E-state index in [9.17, 15) is 0 Å². The molecule has 1 aromatic rings. The maximum atomic E-state index is 5.98. The number of rotatable bonds is 5. The van der Waals surface area contributed by atoms with Crippen molar-refractivity contribution in [1.82, 2.24) is 0 Å². The Labute approximate surface area is 89.2 Å². The molecule has 0 saturated carbocycles. The molecule has 0 spiro atoms. The van der Waals surface area contributed by atoms with Crippen LogP contribution in [0.4, 0.5) is 0 Å². The second kappa shape index (κ2) is 5.39. The average Bonchev–Trinajstić information content (AvgIpc) is 2.60. The van der Waals surface area contributed by atoms with E-state index in [0.29, 0.717) is 17.7 Å². The molecule has 0 aliphatic rings. The summed E-state index contributed by atoms with van der Waals surface area (Å²) in [4.78, 5) is 0. The van der Waals surface area contributed by atoms with E-state index >= 15 is 0 Å². The van der Waals surface area contributed by atoms with Gasteiger partial charge in [-0.25, -0.2) is 0 Å². The van der Waals surface area contributed by atoms with E-state index in [1.165, 1.54) is 0 Å². The molecule has 1 heterocycles. The smallest absolute Gasteiger partial charge is 0.193 e. The molecule has 0 radical (unpaired) electrons. The zero-order chi connectivity index (χ0) is 10.6. The van der Waals surface area contributed by atoms with E-state index in [1.54, 1.807) is 13.2 Å². The Bertz CT molecular complexity index is 275. The van der Waals surface area contributed by atoms with Gasteiger partial charge in [-0.05, 0) is 36.1 Å². The number of methoxy groups -OCH3 is 1. The van der Waals surface area contributed by atoms with Crippen LogP contribution in [0.25, 0.3) is 0 Å². The third-order valence-electron chi connectivity index (χ3n) is 2.31. The van der Waals surface area contributed by atoms with E-state index in [4.69, 9.17) is 26.5 Å². The normalized spacial score (nSPS) is 15.4. The standard InChI is InChI=1S/C10H16ClNO2/c1-7(5-6-13-2)10(12)8-3-4-9(11)14-8/h3-4,7,10H,5-6,12H2,1-2H3. The maximum Gasteiger partial charge on any atom is 0.193 e. The summed E-state index contributed by atoms with van der Waals surface area (Å²) in [6.07, 6.45) is 0.913. The number of nitrogens with two attached hydrogens (primary N) is 1. The van der Waals surface area contributed by atoms with Crippen LogP contribution in [0.1, 0.15) is 25.1 Å². The highest BCUT2D eigenvalue weighted by molar-refractivity contribution is 6.28. The molecule has 2 atom stereocenters. The molecule has 0 fully saturated rings. The zero-order valence-electron chi connectivity index (χ0n) is 8.50. The van der Waals surface area contributed by atoms with Crippen molar-refractivity contribution in [2.45, 2.75) is 19.4 Å². The van der Waals surface area contributed by atoms with Crippen LogP contribution in [0.2, 0.25) is 5.22 Å². The highest BCUT2D eigenvalue weighted by atomic mass is 35.5. The fourth-order valence-electron chi connectivity index (χ4n) is 1.27. The second-order valence-corrected chi connectivity index (χ2v) is 3.80. The molecule has 14 heavy (non-hydrogen) atoms. The van der Waals surface area contributed by atoms with E-state index in [-0.39, 0.29) is 6.04 Å². The lowest BCUT2D eigenvalue weighted by molar-refractivity contribution is 0.172. The van der Waals surface area contributed by atoms with Crippen molar-refractivity contribution >= 4 is 11.6 Å². The first kappa shape index (κ1) is 11.6. The van der Waals surface area contributed by atoms with Crippen molar-refractivity contribution in [2.24, 2.45) is 11.7 Å². The summed E-state index contributed by atoms with van der Waals surface area (Å²) in [6, 6.07) is 3.41. The minimum absolute atomic E-state index is 0.113. The van der Waals surface area contributed by atoms with Gasteiger partial charge >= 0.3 is 0 Å². The van der Waals surface area contributed by atoms with Crippen LogP contribution in [-0.2, 0) is 4.74 Å². The summed E-state index contributed by atoms with van der Waals surface area (Å²) >= 11 is 5.67. The van der Waals surface area contributed by atoms with Crippen molar-refractivity contribution in [3.05, 3.63) is 23.1 Å². The molecule has 0 bridgehead atoms. The van der Waals surface area contributed by atoms with Gasteiger partial charge in [0.05, 0.1) is 6.04 Å². The van der Waals surface area contributed by atoms with E-state index in [0.717, 1.165) is 12.2 Å². The van der Waals surface area contributed by atoms with Crippen LogP contribution < -0.4 is 5.73 Å². The first-order chi connectivity index (χ1) is 6.65. The van der Waals surface area contributed by atoms with Gasteiger partial charge in [0.2, 0.25) is 0 Å². The molecule has 0 aliphatic carbocycles. The van der Waals surface area contributed by atoms with E-state index < -0.39 is 0 Å². The maximum absolute atomic E-state index is 5.98. The Balaban J connectivity index is 2.51. The second-order valence-electron chi connectivity index (χ2n) is 3.43. The van der Waals surface area contributed by atoms with E-state index in [1.807, 2.05) is 6.07 Å². The van der Waals surface area contributed by atoms with Gasteiger partial charge in [-0.2, -0.15) is 0 Å². The lowest BCUT2D eigenvalue weighted by Crippen LogP contribution is -2.19. The average molecular weight is 218 g/mol. The number of halogens is 1. The molecule has 2 unspecified atom stereocenters. The summed E-state index contributed by atoms with van der Waals surface area (Å²) in [6.45, 7) is 2.78. The van der Waals surface area contributed by atoms with E-state index in [2.05, 4.69) is 6.92 Å². The fraction of sp³-hybridized carbons (Fsp3) is 0.600. The summed E-state index contributed by atoms with van der Waals surface area (Å²) in [5.74, 6) is 1.05. The summed E-state index contributed by atoms with van der Waals surface area (Å²) in [5.41, 5.74) is 5.98. The molecule has 0 amide bonds. The third-order valence-corrected chi connectivity index (χ3v) is 2.52. The van der Waals surface area contributed by atoms with Crippen LogP contribution in [0.3, 0.4) is 0 Å². The Morgan fingerprint density at radius 1 is 1.57 bits per heavy atom. The van der Waals surface area contributed by atoms with Crippen LogP contribution in [-0.4, -0.2) is 13.7 Å². The van der Waals surface area contributed by atoms with Crippen LogP contribution in [0.15, 0.2) is 16.5 Å². The van der Waals surface area contributed by atoms with Crippen molar-refractivity contribution in [1.29, 1.82) is 0 Å². The number of furan rings is 1. The molecular weight excluding hydrogens is 202 g/mol. The number of hydrogen-bond donors (Lipinski definition) is 1. The largest absolute Gasteiger partial charge is 0.448 e. The van der Waals surface area contributed by atoms with Gasteiger partial charge < -0.3 is 14.9 Å². The van der Waals surface area contributed by atoms with Crippen molar-refractivity contribution in [3.63, 3.8) is 0 Å². The topological polar surface area (TPSA) is 48.4 Å². The van der Waals surface area contributed by atoms with Gasteiger partial charge in [0.15, 0.2) is 5.22 Å². The minimum atomic E-state index is -0.113. The molecular formula is C10H16ClNO2. The molecule has 1 aromatic heterocycles. The molecule has 3 nitrogen and oxygen atoms in total. The predicted octanol–water partition coefficient (Wildman–Crippen LogP) is 2.61. The third kappa shape index (κ3) is 3.01. The Kier molecular flexibility index (Phi) is 4.45. The molecule has 2 N–H and O–H groups in total. The van der Waals surface area contributed by atoms with Gasteiger partial charge in [-0.1, -0.05) is 6.92 Å². The molecule has 0 aromatic carbocycles. The molecule has 0 aliphatic heterocycles. The van der Waals surface area contributed by atoms with Crippen LogP contribution in [0.5, 0.6) is 0 Å². The zero-order valence-corrected chi connectivity index (χ0v) is 9.25. The molecule has 1 rings (SSSR count). The summed E-state index contributed by atoms with van der Waals surface area (Å²) in [7, 11) is 1.68. The van der Waals surface area contributed by atoms with Crippen LogP contribution in [0, 0.1) is 5.92 Å². The Morgan fingerprint density at radius 3 is 2.79 bits per heavy atom. The lowest BCUT2D eigenvalue weighted by Gasteiger charge is -2.16. The van der Waals surface area contributed by atoms with Crippen LogP contribution >= 0.6 is 11.6 Å².